The van der Waals surface area contributed by atoms with Crippen LogP contribution in [0, 0.1) is 5.92 Å². The molecule has 0 N–H and O–H groups in total. The highest BCUT2D eigenvalue weighted by atomic mass is 19.4. The van der Waals surface area contributed by atoms with Gasteiger partial charge in [-0.25, -0.2) is 0 Å². The van der Waals surface area contributed by atoms with Crippen LogP contribution >= 0.6 is 0 Å². The molecule has 0 aliphatic heterocycles. The molecule has 0 aromatic carbocycles. The van der Waals surface area contributed by atoms with Crippen molar-refractivity contribution >= 4 is 23.1 Å². The number of alkyl halides is 6. The first-order valence-electron chi connectivity index (χ1n) is 5.00. The van der Waals surface area contributed by atoms with Crippen molar-refractivity contribution < 1.29 is 45.5 Å². The zero-order chi connectivity index (χ0) is 16.3. The summed E-state index contributed by atoms with van der Waals surface area (Å²) >= 11 is 0. The van der Waals surface area contributed by atoms with Crippen LogP contribution in [0.2, 0.25) is 0 Å². The number of hydrogen-bond donors (Lipinski definition) is 0. The van der Waals surface area contributed by atoms with Gasteiger partial charge >= 0.3 is 12.4 Å². The predicted molar refractivity (Wildman–Crippen MR) is 50.5 cm³/mol. The van der Waals surface area contributed by atoms with Crippen LogP contribution in [0.4, 0.5) is 26.3 Å². The number of hydrogen-bond acceptors (Lipinski definition) is 4. The molecule has 0 aromatic rings. The molecule has 0 heterocycles. The maximum atomic E-state index is 12.2. The molecule has 0 bridgehead atoms. The largest absolute Gasteiger partial charge is 0.450 e. The van der Waals surface area contributed by atoms with Crippen LogP contribution in [-0.4, -0.2) is 35.5 Å². The number of rotatable bonds is 6. The summed E-state index contributed by atoms with van der Waals surface area (Å²) in [5.41, 5.74) is 0. The van der Waals surface area contributed by atoms with Gasteiger partial charge in [0.1, 0.15) is 5.78 Å². The molecule has 0 aliphatic rings. The first-order chi connectivity index (χ1) is 8.76. The summed E-state index contributed by atoms with van der Waals surface area (Å²) in [7, 11) is 0. The fraction of sp³-hybridized carbons (Fsp3) is 0.600. The van der Waals surface area contributed by atoms with Crippen LogP contribution in [0.25, 0.3) is 0 Å². The van der Waals surface area contributed by atoms with Crippen LogP contribution in [0.1, 0.15) is 19.8 Å². The molecule has 1 atom stereocenters. The van der Waals surface area contributed by atoms with Crippen LogP contribution in [0.3, 0.4) is 0 Å². The summed E-state index contributed by atoms with van der Waals surface area (Å²) < 4.78 is 72.2. The van der Waals surface area contributed by atoms with Gasteiger partial charge in [0, 0.05) is 6.42 Å². The van der Waals surface area contributed by atoms with Crippen molar-refractivity contribution in [2.45, 2.75) is 32.1 Å². The summed E-state index contributed by atoms with van der Waals surface area (Å²) in [6, 6.07) is 0. The van der Waals surface area contributed by atoms with E-state index in [2.05, 4.69) is 0 Å². The van der Waals surface area contributed by atoms with Gasteiger partial charge in [0.15, 0.2) is 5.78 Å². The van der Waals surface area contributed by atoms with E-state index in [0.717, 1.165) is 6.92 Å². The van der Waals surface area contributed by atoms with Crippen molar-refractivity contribution in [1.82, 2.24) is 0 Å². The highest BCUT2D eigenvalue weighted by molar-refractivity contribution is 6.13. The molecule has 0 aliphatic carbocycles. The normalized spacial score (nSPS) is 13.8. The van der Waals surface area contributed by atoms with E-state index in [1.165, 1.54) is 0 Å². The summed E-state index contributed by atoms with van der Waals surface area (Å²) in [6.45, 7) is 0.759. The van der Waals surface area contributed by atoms with E-state index in [4.69, 9.17) is 0 Å². The maximum Gasteiger partial charge on any atom is 0.450 e. The summed E-state index contributed by atoms with van der Waals surface area (Å²) in [6.07, 6.45) is -14.0. The van der Waals surface area contributed by atoms with E-state index in [1.807, 2.05) is 0 Å². The van der Waals surface area contributed by atoms with E-state index in [-0.39, 0.29) is 0 Å². The second-order valence-corrected chi connectivity index (χ2v) is 3.88. The summed E-state index contributed by atoms with van der Waals surface area (Å²) in [5.74, 6) is -10.7. The molecule has 0 amide bonds. The molecule has 0 radical (unpaired) electrons. The van der Waals surface area contributed by atoms with Crippen LogP contribution in [-0.2, 0) is 19.2 Å². The van der Waals surface area contributed by atoms with E-state index in [0.29, 0.717) is 0 Å². The third-order valence-corrected chi connectivity index (χ3v) is 2.13. The van der Waals surface area contributed by atoms with Crippen molar-refractivity contribution in [3.8, 4) is 0 Å². The lowest BCUT2D eigenvalue weighted by Crippen LogP contribution is -2.38. The zero-order valence-corrected chi connectivity index (χ0v) is 9.89. The Morgan fingerprint density at radius 3 is 1.65 bits per heavy atom. The Kier molecular flexibility index (Phi) is 5.61. The summed E-state index contributed by atoms with van der Waals surface area (Å²) in [5, 5.41) is 0. The van der Waals surface area contributed by atoms with Gasteiger partial charge in [0.25, 0.3) is 0 Å². The third kappa shape index (κ3) is 5.49. The number of carbonyl (C=O) groups is 4. The Labute approximate surface area is 108 Å². The van der Waals surface area contributed by atoms with Gasteiger partial charge < -0.3 is 0 Å². The molecular weight excluding hydrogens is 298 g/mol. The van der Waals surface area contributed by atoms with E-state index in [9.17, 15) is 45.5 Å². The second kappa shape index (κ2) is 6.14. The van der Waals surface area contributed by atoms with Crippen molar-refractivity contribution in [2.24, 2.45) is 5.92 Å². The monoisotopic (exact) mass is 306 g/mol. The Hall–Kier alpha value is -1.74. The highest BCUT2D eigenvalue weighted by Gasteiger charge is 2.48. The van der Waals surface area contributed by atoms with Crippen LogP contribution < -0.4 is 0 Å². The van der Waals surface area contributed by atoms with Crippen LogP contribution in [0.5, 0.6) is 0 Å². The van der Waals surface area contributed by atoms with Gasteiger partial charge in [-0.05, 0) is 6.92 Å². The molecule has 0 aromatic heterocycles. The fourth-order valence-corrected chi connectivity index (χ4v) is 1.22. The van der Waals surface area contributed by atoms with Gasteiger partial charge in [-0.3, -0.25) is 19.2 Å². The average Bonchev–Trinajstić information content (AvgIpc) is 2.21. The first kappa shape index (κ1) is 18.3. The zero-order valence-electron chi connectivity index (χ0n) is 9.89. The van der Waals surface area contributed by atoms with Gasteiger partial charge in [-0.15, -0.1) is 0 Å². The predicted octanol–water partition coefficient (Wildman–Crippen LogP) is 1.80. The van der Waals surface area contributed by atoms with Gasteiger partial charge in [-0.1, -0.05) is 0 Å². The third-order valence-electron chi connectivity index (χ3n) is 2.13. The Bertz CT molecular complexity index is 434. The standard InChI is InChI=1S/C10H8F6O4/c1-4(17)2-5(8(20)10(14,15)16)6(18)3-7(19)9(11,12)13/h5H,2-3H2,1H3. The van der Waals surface area contributed by atoms with Gasteiger partial charge in [-0.2, -0.15) is 26.3 Å². The van der Waals surface area contributed by atoms with Gasteiger partial charge in [0.05, 0.1) is 12.3 Å². The van der Waals surface area contributed by atoms with Crippen molar-refractivity contribution in [3.05, 3.63) is 0 Å². The minimum Gasteiger partial charge on any atom is -0.300 e. The molecule has 1 unspecified atom stereocenters. The molecular formula is C10H8F6O4. The maximum absolute atomic E-state index is 12.2. The molecule has 20 heavy (non-hydrogen) atoms. The molecule has 10 heteroatoms. The second-order valence-electron chi connectivity index (χ2n) is 3.88. The Morgan fingerprint density at radius 2 is 1.35 bits per heavy atom. The fourth-order valence-electron chi connectivity index (χ4n) is 1.22. The number of ketones is 4. The summed E-state index contributed by atoms with van der Waals surface area (Å²) in [4.78, 5) is 43.3. The van der Waals surface area contributed by atoms with Crippen molar-refractivity contribution in [3.63, 3.8) is 0 Å². The number of Topliss-reactive ketones (excluding diaryl/α,β-unsaturated/α-hetero) is 4. The smallest absolute Gasteiger partial charge is 0.300 e. The molecule has 4 nitrogen and oxygen atoms in total. The molecule has 114 valence electrons. The number of halogens is 6. The van der Waals surface area contributed by atoms with E-state index >= 15 is 0 Å². The minimum absolute atomic E-state index is 0.759. The topological polar surface area (TPSA) is 68.3 Å². The SMILES string of the molecule is CC(=O)CC(C(=O)CC(=O)C(F)(F)F)C(=O)C(F)(F)F. The lowest BCUT2D eigenvalue weighted by molar-refractivity contribution is -0.179. The molecule has 0 fully saturated rings. The van der Waals surface area contributed by atoms with Crippen molar-refractivity contribution in [2.75, 3.05) is 0 Å². The molecule has 0 saturated heterocycles. The Balaban J connectivity index is 5.16. The molecule has 0 spiro atoms. The van der Waals surface area contributed by atoms with Crippen molar-refractivity contribution in [1.29, 1.82) is 0 Å². The average molecular weight is 306 g/mol. The number of carbonyl (C=O) groups excluding carboxylic acids is 4. The van der Waals surface area contributed by atoms with Gasteiger partial charge in [0.2, 0.25) is 11.6 Å². The van der Waals surface area contributed by atoms with E-state index in [1.54, 1.807) is 0 Å². The quantitative estimate of drug-likeness (QED) is 0.554. The van der Waals surface area contributed by atoms with E-state index < -0.39 is 54.2 Å². The van der Waals surface area contributed by atoms with Crippen LogP contribution in [0.15, 0.2) is 0 Å². The first-order valence-corrected chi connectivity index (χ1v) is 5.00. The lowest BCUT2D eigenvalue weighted by atomic mass is 9.90. The lowest BCUT2D eigenvalue weighted by Gasteiger charge is -2.15. The molecule has 0 rings (SSSR count). The molecule has 0 saturated carbocycles. The highest BCUT2D eigenvalue weighted by Crippen LogP contribution is 2.26. The Morgan fingerprint density at radius 1 is 0.900 bits per heavy atom. The minimum atomic E-state index is -5.49.